The predicted octanol–water partition coefficient (Wildman–Crippen LogP) is 1.55. The molecule has 2 rings (SSSR count). The zero-order chi connectivity index (χ0) is 12.1. The third kappa shape index (κ3) is 1.41. The van der Waals surface area contributed by atoms with E-state index in [0.717, 1.165) is 11.3 Å². The molecule has 2 heterocycles. The van der Waals surface area contributed by atoms with E-state index in [2.05, 4.69) is 4.98 Å². The first-order valence-electron chi connectivity index (χ1n) is 4.80. The maximum atomic E-state index is 12.0. The molecule has 1 aromatic rings. The highest BCUT2D eigenvalue weighted by molar-refractivity contribution is 7.16. The fourth-order valence-corrected chi connectivity index (χ4v) is 2.39. The molecule has 6 heteroatoms. The van der Waals surface area contributed by atoms with Crippen molar-refractivity contribution < 1.29 is 14.3 Å². The predicted molar refractivity (Wildman–Crippen MR) is 58.9 cm³/mol. The number of imide groups is 1. The summed E-state index contributed by atoms with van der Waals surface area (Å²) in [5.41, 5.74) is -0.316. The van der Waals surface area contributed by atoms with Gasteiger partial charge in [0.25, 0.3) is 17.0 Å². The monoisotopic (exact) mass is 240 g/mol. The lowest BCUT2D eigenvalue weighted by molar-refractivity contribution is 0.0506. The van der Waals surface area contributed by atoms with Crippen molar-refractivity contribution >= 4 is 23.2 Å². The largest absolute Gasteiger partial charge is 0.473 e. The number of rotatable bonds is 1. The Morgan fingerprint density at radius 2 is 1.88 bits per heavy atom. The van der Waals surface area contributed by atoms with Gasteiger partial charge in [-0.15, -0.1) is 0 Å². The molecule has 0 saturated carbocycles. The fraction of sp³-hybridized carbons (Fsp3) is 0.500. The third-order valence-electron chi connectivity index (χ3n) is 2.26. The first-order chi connectivity index (χ1) is 7.36. The van der Waals surface area contributed by atoms with E-state index in [4.69, 9.17) is 4.74 Å². The van der Waals surface area contributed by atoms with Gasteiger partial charge in [-0.1, -0.05) is 11.3 Å². The van der Waals surface area contributed by atoms with Crippen molar-refractivity contribution in [3.8, 4) is 5.19 Å². The van der Waals surface area contributed by atoms with Crippen LogP contribution in [0.4, 0.5) is 0 Å². The SMILES string of the molecule is COc1nc2c(s1)C(=O)N(C(C)(C)C)C2=O. The van der Waals surface area contributed by atoms with Crippen LogP contribution in [0.2, 0.25) is 0 Å². The zero-order valence-corrected chi connectivity index (χ0v) is 10.3. The minimum Gasteiger partial charge on any atom is -0.473 e. The minimum atomic E-state index is -0.526. The van der Waals surface area contributed by atoms with Crippen LogP contribution in [0.25, 0.3) is 0 Å². The number of carbonyl (C=O) groups excluding carboxylic acids is 2. The third-order valence-corrected chi connectivity index (χ3v) is 3.26. The van der Waals surface area contributed by atoms with Gasteiger partial charge in [0, 0.05) is 5.54 Å². The highest BCUT2D eigenvalue weighted by atomic mass is 32.1. The molecule has 0 aliphatic carbocycles. The average Bonchev–Trinajstić information content (AvgIpc) is 2.66. The topological polar surface area (TPSA) is 59.5 Å². The van der Waals surface area contributed by atoms with Crippen LogP contribution in [0.15, 0.2) is 0 Å². The van der Waals surface area contributed by atoms with Crippen molar-refractivity contribution in [3.63, 3.8) is 0 Å². The van der Waals surface area contributed by atoms with E-state index in [1.807, 2.05) is 20.8 Å². The van der Waals surface area contributed by atoms with E-state index in [9.17, 15) is 9.59 Å². The van der Waals surface area contributed by atoms with Crippen LogP contribution >= 0.6 is 11.3 Å². The van der Waals surface area contributed by atoms with Crippen LogP contribution in [-0.4, -0.2) is 34.3 Å². The van der Waals surface area contributed by atoms with Gasteiger partial charge in [-0.3, -0.25) is 14.5 Å². The molecule has 0 fully saturated rings. The summed E-state index contributed by atoms with van der Waals surface area (Å²) in [5.74, 6) is -0.625. The Morgan fingerprint density at radius 1 is 1.25 bits per heavy atom. The van der Waals surface area contributed by atoms with Gasteiger partial charge in [-0.25, -0.2) is 0 Å². The minimum absolute atomic E-state index is 0.210. The number of methoxy groups -OCH3 is 1. The number of hydrogen-bond donors (Lipinski definition) is 0. The summed E-state index contributed by atoms with van der Waals surface area (Å²) in [6.07, 6.45) is 0. The second-order valence-corrected chi connectivity index (χ2v) is 5.44. The molecular weight excluding hydrogens is 228 g/mol. The lowest BCUT2D eigenvalue weighted by Gasteiger charge is -2.29. The van der Waals surface area contributed by atoms with Gasteiger partial charge >= 0.3 is 0 Å². The summed E-state index contributed by atoms with van der Waals surface area (Å²) < 4.78 is 4.91. The van der Waals surface area contributed by atoms with Gasteiger partial charge in [0.2, 0.25) is 0 Å². The van der Waals surface area contributed by atoms with Crippen LogP contribution in [0.5, 0.6) is 5.19 Å². The molecule has 16 heavy (non-hydrogen) atoms. The van der Waals surface area contributed by atoms with Gasteiger partial charge in [-0.2, -0.15) is 4.98 Å². The smallest absolute Gasteiger partial charge is 0.281 e. The molecule has 0 atom stereocenters. The highest BCUT2D eigenvalue weighted by Crippen LogP contribution is 2.35. The maximum absolute atomic E-state index is 12.0. The lowest BCUT2D eigenvalue weighted by atomic mass is 10.1. The molecular formula is C10H12N2O3S. The molecule has 5 nitrogen and oxygen atoms in total. The number of hydrogen-bond acceptors (Lipinski definition) is 5. The summed E-state index contributed by atoms with van der Waals surface area (Å²) >= 11 is 1.11. The average molecular weight is 240 g/mol. The molecule has 1 aliphatic rings. The number of thiazole rings is 1. The van der Waals surface area contributed by atoms with E-state index >= 15 is 0 Å². The summed E-state index contributed by atoms with van der Waals surface area (Å²) in [6.45, 7) is 5.45. The molecule has 86 valence electrons. The van der Waals surface area contributed by atoms with Crippen LogP contribution in [-0.2, 0) is 0 Å². The molecule has 0 N–H and O–H groups in total. The molecule has 2 amide bonds. The zero-order valence-electron chi connectivity index (χ0n) is 9.53. The van der Waals surface area contributed by atoms with Crippen molar-refractivity contribution in [1.29, 1.82) is 0 Å². The Balaban J connectivity index is 2.47. The lowest BCUT2D eigenvalue weighted by Crippen LogP contribution is -2.45. The number of amides is 2. The Bertz CT molecular complexity index is 439. The van der Waals surface area contributed by atoms with E-state index in [1.54, 1.807) is 0 Å². The second-order valence-electron chi connectivity index (χ2n) is 4.48. The number of nitrogens with zero attached hydrogens (tertiary/aromatic N) is 2. The van der Waals surface area contributed by atoms with E-state index < -0.39 is 5.54 Å². The Labute approximate surface area is 97.0 Å². The molecule has 0 unspecified atom stereocenters. The van der Waals surface area contributed by atoms with Crippen molar-refractivity contribution in [2.45, 2.75) is 26.3 Å². The summed E-state index contributed by atoms with van der Waals surface area (Å²) in [7, 11) is 1.46. The van der Waals surface area contributed by atoms with Crippen molar-refractivity contribution in [2.75, 3.05) is 7.11 Å². The van der Waals surface area contributed by atoms with Crippen molar-refractivity contribution in [2.24, 2.45) is 0 Å². The normalized spacial score (nSPS) is 15.6. The van der Waals surface area contributed by atoms with Gasteiger partial charge in [0.15, 0.2) is 5.69 Å². The van der Waals surface area contributed by atoms with Crippen LogP contribution in [0, 0.1) is 0 Å². The molecule has 1 aromatic heterocycles. The maximum Gasteiger partial charge on any atom is 0.281 e. The first kappa shape index (κ1) is 11.1. The van der Waals surface area contributed by atoms with Crippen molar-refractivity contribution in [3.05, 3.63) is 10.6 Å². The second kappa shape index (κ2) is 3.28. The summed E-state index contributed by atoms with van der Waals surface area (Å²) in [5, 5.41) is 0.347. The number of aromatic nitrogens is 1. The van der Waals surface area contributed by atoms with E-state index in [-0.39, 0.29) is 17.5 Å². The van der Waals surface area contributed by atoms with Crippen molar-refractivity contribution in [1.82, 2.24) is 9.88 Å². The van der Waals surface area contributed by atoms with Gasteiger partial charge < -0.3 is 4.74 Å². The molecule has 0 aromatic carbocycles. The molecule has 0 spiro atoms. The summed E-state index contributed by atoms with van der Waals surface area (Å²) in [4.78, 5) is 29.6. The van der Waals surface area contributed by atoms with Crippen LogP contribution < -0.4 is 4.74 Å². The Hall–Kier alpha value is -1.43. The molecule has 0 bridgehead atoms. The molecule has 0 radical (unpaired) electrons. The van der Waals surface area contributed by atoms with Gasteiger partial charge in [0.05, 0.1) is 7.11 Å². The Kier molecular flexibility index (Phi) is 2.27. The molecule has 0 saturated heterocycles. The highest BCUT2D eigenvalue weighted by Gasteiger charge is 2.45. The standard InChI is InChI=1S/C10H12N2O3S/c1-10(2,3)12-7(13)5-6(8(12)14)16-9(11-5)15-4/h1-4H3. The van der Waals surface area contributed by atoms with Gasteiger partial charge in [-0.05, 0) is 20.8 Å². The quantitative estimate of drug-likeness (QED) is 0.699. The molecule has 1 aliphatic heterocycles. The van der Waals surface area contributed by atoms with Crippen LogP contribution in [0.3, 0.4) is 0 Å². The Morgan fingerprint density at radius 3 is 2.31 bits per heavy atom. The van der Waals surface area contributed by atoms with Gasteiger partial charge in [0.1, 0.15) is 4.88 Å². The number of carbonyl (C=O) groups is 2. The van der Waals surface area contributed by atoms with E-state index in [0.29, 0.717) is 10.1 Å². The fourth-order valence-electron chi connectivity index (χ4n) is 1.59. The van der Waals surface area contributed by atoms with E-state index in [1.165, 1.54) is 12.0 Å². The number of ether oxygens (including phenoxy) is 1. The summed E-state index contributed by atoms with van der Waals surface area (Å²) in [6, 6.07) is 0. The van der Waals surface area contributed by atoms with Crippen LogP contribution in [0.1, 0.15) is 40.9 Å². The first-order valence-corrected chi connectivity index (χ1v) is 5.61. The number of fused-ring (bicyclic) bond motifs is 1.